The molecule has 0 saturated heterocycles. The van der Waals surface area contributed by atoms with Crippen LogP contribution in [0.1, 0.15) is 11.5 Å². The number of hydrogen-bond acceptors (Lipinski definition) is 2. The molecule has 1 N–H and O–H groups in total. The van der Waals surface area contributed by atoms with E-state index in [9.17, 15) is 10.4 Å². The first kappa shape index (κ1) is 9.58. The van der Waals surface area contributed by atoms with Gasteiger partial charge in [0, 0.05) is 19.4 Å². The van der Waals surface area contributed by atoms with Gasteiger partial charge < -0.3 is 10.4 Å². The number of imidazole rings is 1. The highest BCUT2D eigenvalue weighted by atomic mass is 16.5. The molecule has 1 heterocycles. The van der Waals surface area contributed by atoms with Crippen LogP contribution < -0.4 is 4.73 Å². The number of benzene rings is 1. The van der Waals surface area contributed by atoms with E-state index in [0.717, 1.165) is 15.0 Å². The molecule has 0 aliphatic rings. The molecule has 0 saturated carbocycles. The van der Waals surface area contributed by atoms with Gasteiger partial charge >= 0.3 is 0 Å². The molecule has 0 amide bonds. The Kier molecular flexibility index (Phi) is 2.11. The zero-order valence-corrected chi connectivity index (χ0v) is 8.64. The Labute approximate surface area is 87.6 Å². The minimum atomic E-state index is 0.270. The molecule has 4 nitrogen and oxygen atoms in total. The van der Waals surface area contributed by atoms with Crippen molar-refractivity contribution in [1.29, 1.82) is 0 Å². The summed E-state index contributed by atoms with van der Waals surface area (Å²) in [6, 6.07) is 9.34. The lowest BCUT2D eigenvalue weighted by Crippen LogP contribution is -2.31. The molecule has 1 aromatic heterocycles. The zero-order valence-electron chi connectivity index (χ0n) is 8.64. The SMILES string of the molecule is Cc1c(-c2ccccc2)n(O)c(C)[n+]1[O-]. The van der Waals surface area contributed by atoms with E-state index >= 15 is 0 Å². The van der Waals surface area contributed by atoms with Gasteiger partial charge in [0.1, 0.15) is 0 Å². The summed E-state index contributed by atoms with van der Waals surface area (Å²) >= 11 is 0. The predicted octanol–water partition coefficient (Wildman–Crippen LogP) is 1.64. The molecule has 78 valence electrons. The van der Waals surface area contributed by atoms with Crippen molar-refractivity contribution in [2.45, 2.75) is 13.8 Å². The second-order valence-corrected chi connectivity index (χ2v) is 3.45. The Morgan fingerprint density at radius 3 is 2.27 bits per heavy atom. The molecule has 0 aliphatic carbocycles. The zero-order chi connectivity index (χ0) is 11.0. The van der Waals surface area contributed by atoms with Gasteiger partial charge in [-0.05, 0) is 4.73 Å². The summed E-state index contributed by atoms with van der Waals surface area (Å²) in [5.41, 5.74) is 1.87. The van der Waals surface area contributed by atoms with Gasteiger partial charge in [0.05, 0.1) is 0 Å². The second kappa shape index (κ2) is 3.31. The standard InChI is InChI=1S/C11H12N2O2/c1-8-11(10-6-4-3-5-7-10)13(15)9(2)12(8)14/h3-7,15H,1-2H3. The summed E-state index contributed by atoms with van der Waals surface area (Å²) in [4.78, 5) is 0. The highest BCUT2D eigenvalue weighted by molar-refractivity contribution is 5.60. The molecule has 2 aromatic rings. The largest absolute Gasteiger partial charge is 0.710 e. The third-order valence-corrected chi connectivity index (χ3v) is 2.51. The van der Waals surface area contributed by atoms with Crippen LogP contribution in [0, 0.1) is 19.1 Å². The fraction of sp³-hybridized carbons (Fsp3) is 0.182. The monoisotopic (exact) mass is 204 g/mol. The Hall–Kier alpha value is -1.97. The van der Waals surface area contributed by atoms with Gasteiger partial charge in [-0.2, -0.15) is 0 Å². The summed E-state index contributed by atoms with van der Waals surface area (Å²) in [5, 5.41) is 21.3. The molecule has 0 unspecified atom stereocenters. The van der Waals surface area contributed by atoms with E-state index < -0.39 is 0 Å². The third-order valence-electron chi connectivity index (χ3n) is 2.51. The van der Waals surface area contributed by atoms with Crippen LogP contribution in [0.4, 0.5) is 0 Å². The topological polar surface area (TPSA) is 52.1 Å². The van der Waals surface area contributed by atoms with E-state index in [2.05, 4.69) is 0 Å². The van der Waals surface area contributed by atoms with Crippen molar-refractivity contribution < 1.29 is 9.94 Å². The van der Waals surface area contributed by atoms with Crippen LogP contribution >= 0.6 is 0 Å². The van der Waals surface area contributed by atoms with Gasteiger partial charge in [-0.1, -0.05) is 30.3 Å². The number of hydrogen-bond donors (Lipinski definition) is 1. The van der Waals surface area contributed by atoms with Crippen LogP contribution in [0.25, 0.3) is 11.3 Å². The minimum Gasteiger partial charge on any atom is -0.710 e. The summed E-state index contributed by atoms with van der Waals surface area (Å²) in [6.07, 6.45) is 0. The van der Waals surface area contributed by atoms with Gasteiger partial charge in [0.2, 0.25) is 5.69 Å². The molecule has 0 bridgehead atoms. The fourth-order valence-corrected chi connectivity index (χ4v) is 1.67. The van der Waals surface area contributed by atoms with E-state index in [4.69, 9.17) is 0 Å². The molecule has 0 radical (unpaired) electrons. The van der Waals surface area contributed by atoms with Gasteiger partial charge in [0.15, 0.2) is 5.69 Å². The van der Waals surface area contributed by atoms with E-state index in [0.29, 0.717) is 11.4 Å². The van der Waals surface area contributed by atoms with Crippen LogP contribution in [0.15, 0.2) is 30.3 Å². The van der Waals surface area contributed by atoms with Crippen molar-refractivity contribution in [3.05, 3.63) is 47.1 Å². The van der Waals surface area contributed by atoms with E-state index in [1.807, 2.05) is 30.3 Å². The van der Waals surface area contributed by atoms with E-state index in [-0.39, 0.29) is 5.82 Å². The first-order valence-electron chi connectivity index (χ1n) is 4.69. The maximum atomic E-state index is 11.5. The van der Waals surface area contributed by atoms with Crippen molar-refractivity contribution in [2.24, 2.45) is 0 Å². The molecule has 4 heteroatoms. The van der Waals surface area contributed by atoms with Crippen molar-refractivity contribution in [1.82, 2.24) is 4.73 Å². The smallest absolute Gasteiger partial charge is 0.297 e. The molecule has 0 aliphatic heterocycles. The first-order chi connectivity index (χ1) is 7.13. The molecule has 0 fully saturated rings. The Balaban J connectivity index is 2.69. The number of rotatable bonds is 1. The molecular weight excluding hydrogens is 192 g/mol. The number of aromatic nitrogens is 2. The Morgan fingerprint density at radius 2 is 1.80 bits per heavy atom. The predicted molar refractivity (Wildman–Crippen MR) is 55.5 cm³/mol. The van der Waals surface area contributed by atoms with Crippen molar-refractivity contribution in [3.8, 4) is 11.3 Å². The Morgan fingerprint density at radius 1 is 1.20 bits per heavy atom. The quantitative estimate of drug-likeness (QED) is 0.436. The van der Waals surface area contributed by atoms with Crippen LogP contribution in [-0.4, -0.2) is 9.94 Å². The van der Waals surface area contributed by atoms with E-state index in [1.165, 1.54) is 0 Å². The first-order valence-corrected chi connectivity index (χ1v) is 4.69. The molecule has 15 heavy (non-hydrogen) atoms. The van der Waals surface area contributed by atoms with Crippen LogP contribution in [0.5, 0.6) is 0 Å². The molecule has 2 rings (SSSR count). The summed E-state index contributed by atoms with van der Waals surface area (Å²) < 4.78 is 1.65. The third kappa shape index (κ3) is 1.34. The van der Waals surface area contributed by atoms with Crippen LogP contribution in [-0.2, 0) is 0 Å². The summed E-state index contributed by atoms with van der Waals surface area (Å²) in [6.45, 7) is 3.27. The fourth-order valence-electron chi connectivity index (χ4n) is 1.67. The highest BCUT2D eigenvalue weighted by Gasteiger charge is 2.22. The molecule has 1 aromatic carbocycles. The van der Waals surface area contributed by atoms with Crippen molar-refractivity contribution in [2.75, 3.05) is 0 Å². The minimum absolute atomic E-state index is 0.270. The molecular formula is C11H12N2O2. The average Bonchev–Trinajstić information content (AvgIpc) is 2.45. The van der Waals surface area contributed by atoms with Gasteiger partial charge in [0.25, 0.3) is 5.82 Å². The average molecular weight is 204 g/mol. The normalized spacial score (nSPS) is 10.5. The van der Waals surface area contributed by atoms with Crippen molar-refractivity contribution >= 4 is 0 Å². The maximum Gasteiger partial charge on any atom is 0.297 e. The van der Waals surface area contributed by atoms with Gasteiger partial charge in [-0.25, -0.2) is 4.73 Å². The van der Waals surface area contributed by atoms with Crippen molar-refractivity contribution in [3.63, 3.8) is 0 Å². The number of nitrogens with zero attached hydrogens (tertiary/aromatic N) is 2. The lowest BCUT2D eigenvalue weighted by molar-refractivity contribution is -0.619. The second-order valence-electron chi connectivity index (χ2n) is 3.45. The maximum absolute atomic E-state index is 11.5. The lowest BCUT2D eigenvalue weighted by atomic mass is 10.1. The van der Waals surface area contributed by atoms with E-state index in [1.54, 1.807) is 13.8 Å². The van der Waals surface area contributed by atoms with Crippen LogP contribution in [0.3, 0.4) is 0 Å². The van der Waals surface area contributed by atoms with Crippen LogP contribution in [0.2, 0.25) is 0 Å². The van der Waals surface area contributed by atoms with Gasteiger partial charge in [-0.15, -0.1) is 0 Å². The molecule has 0 atom stereocenters. The lowest BCUT2D eigenvalue weighted by Gasteiger charge is -1.99. The highest BCUT2D eigenvalue weighted by Crippen LogP contribution is 2.21. The summed E-state index contributed by atoms with van der Waals surface area (Å²) in [7, 11) is 0. The Bertz CT molecular complexity index is 464. The van der Waals surface area contributed by atoms with Gasteiger partial charge in [-0.3, -0.25) is 0 Å². The molecule has 0 spiro atoms. The summed E-state index contributed by atoms with van der Waals surface area (Å²) in [5.74, 6) is 0.270.